The van der Waals surface area contributed by atoms with Crippen LogP contribution < -0.4 is 4.89 Å². The molecule has 0 aliphatic heterocycles. The van der Waals surface area contributed by atoms with Gasteiger partial charge < -0.3 is 33.0 Å². The Morgan fingerprint density at radius 1 is 0.667 bits per heavy atom. The maximum atomic E-state index is 12.6. The molecule has 54 heavy (non-hydrogen) atoms. The second-order valence-electron chi connectivity index (χ2n) is 15.1. The molecule has 0 aliphatic carbocycles. The van der Waals surface area contributed by atoms with Gasteiger partial charge >= 0.3 is 11.9 Å². The number of hydrogen-bond donors (Lipinski definition) is 1. The highest BCUT2D eigenvalue weighted by molar-refractivity contribution is 7.45. The van der Waals surface area contributed by atoms with Gasteiger partial charge in [-0.05, 0) is 57.8 Å². The van der Waals surface area contributed by atoms with E-state index >= 15 is 0 Å². The summed E-state index contributed by atoms with van der Waals surface area (Å²) in [5.41, 5.74) is 0. The standard InChI is InChI=1S/C43H78NO9P/c1-6-8-9-10-11-12-13-19-22-25-28-31-34-42(46)50-38-41(39-52-54(48,49)51-37-36-44(3,4)5)53-43(47)35-32-29-26-23-20-17-15-14-16-18-21-24-27-30-33-40(45)7-2/h15-18,23-24,26-27,40-41,45H,6-14,19-22,25,28-39H2,1-5H3/b17-15-,18-16-,26-23-,27-24-/t40-,41-/m1/s1. The van der Waals surface area contributed by atoms with E-state index in [2.05, 4.69) is 49.5 Å². The molecule has 0 saturated heterocycles. The predicted molar refractivity (Wildman–Crippen MR) is 219 cm³/mol. The molecule has 1 unspecified atom stereocenters. The van der Waals surface area contributed by atoms with Crippen molar-refractivity contribution in [3.05, 3.63) is 48.6 Å². The molecule has 0 aromatic heterocycles. The van der Waals surface area contributed by atoms with E-state index in [1.807, 2.05) is 34.1 Å². The number of phosphoric acid groups is 1. The first-order valence-corrected chi connectivity index (χ1v) is 22.4. The summed E-state index contributed by atoms with van der Waals surface area (Å²) in [6.45, 7) is 3.85. The Balaban J connectivity index is 4.51. The Morgan fingerprint density at radius 2 is 1.17 bits per heavy atom. The maximum Gasteiger partial charge on any atom is 0.306 e. The molecule has 1 N–H and O–H groups in total. The summed E-state index contributed by atoms with van der Waals surface area (Å²) in [7, 11) is 1.11. The van der Waals surface area contributed by atoms with Gasteiger partial charge in [-0.3, -0.25) is 14.2 Å². The molecule has 11 heteroatoms. The zero-order chi connectivity index (χ0) is 40.2. The van der Waals surface area contributed by atoms with Crippen molar-refractivity contribution in [2.45, 2.75) is 167 Å². The van der Waals surface area contributed by atoms with Crippen LogP contribution in [0.3, 0.4) is 0 Å². The summed E-state index contributed by atoms with van der Waals surface area (Å²) in [6, 6.07) is 0. The van der Waals surface area contributed by atoms with Crippen molar-refractivity contribution < 1.29 is 47.2 Å². The van der Waals surface area contributed by atoms with E-state index in [1.165, 1.54) is 57.8 Å². The quantitative estimate of drug-likeness (QED) is 0.0215. The topological polar surface area (TPSA) is 131 Å². The molecule has 0 saturated carbocycles. The van der Waals surface area contributed by atoms with Crippen molar-refractivity contribution in [3.63, 3.8) is 0 Å². The van der Waals surface area contributed by atoms with Crippen molar-refractivity contribution in [2.24, 2.45) is 0 Å². The average Bonchev–Trinajstić information content (AvgIpc) is 3.12. The van der Waals surface area contributed by atoms with Crippen molar-refractivity contribution in [1.29, 1.82) is 0 Å². The van der Waals surface area contributed by atoms with Crippen LogP contribution in [0.2, 0.25) is 0 Å². The smallest absolute Gasteiger partial charge is 0.306 e. The largest absolute Gasteiger partial charge is 0.756 e. The number of quaternary nitrogens is 1. The molecule has 0 spiro atoms. The first kappa shape index (κ1) is 51.9. The molecule has 0 radical (unpaired) electrons. The molecule has 0 bridgehead atoms. The van der Waals surface area contributed by atoms with Crippen LogP contribution in [0.1, 0.15) is 155 Å². The van der Waals surface area contributed by atoms with Gasteiger partial charge in [-0.15, -0.1) is 0 Å². The average molecular weight is 784 g/mol. The number of hydrogen-bond acceptors (Lipinski definition) is 9. The van der Waals surface area contributed by atoms with Crippen molar-refractivity contribution in [1.82, 2.24) is 0 Å². The van der Waals surface area contributed by atoms with E-state index in [1.54, 1.807) is 0 Å². The molecule has 0 rings (SSSR count). The normalized spacial score (nSPS) is 14.7. The van der Waals surface area contributed by atoms with E-state index in [0.29, 0.717) is 23.9 Å². The number of aliphatic hydroxyl groups excluding tert-OH is 1. The number of unbranched alkanes of at least 4 members (excludes halogenated alkanes) is 12. The molecule has 314 valence electrons. The Kier molecular flexibility index (Phi) is 34.0. The van der Waals surface area contributed by atoms with Crippen LogP contribution in [-0.4, -0.2) is 81.2 Å². The lowest BCUT2D eigenvalue weighted by molar-refractivity contribution is -0.870. The second kappa shape index (κ2) is 35.4. The van der Waals surface area contributed by atoms with Gasteiger partial charge in [0.05, 0.1) is 33.9 Å². The molecule has 3 atom stereocenters. The van der Waals surface area contributed by atoms with Gasteiger partial charge in [-0.1, -0.05) is 133 Å². The highest BCUT2D eigenvalue weighted by Crippen LogP contribution is 2.38. The number of carbonyl (C=O) groups excluding carboxylic acids is 2. The minimum atomic E-state index is -4.64. The van der Waals surface area contributed by atoms with E-state index in [-0.39, 0.29) is 32.2 Å². The minimum absolute atomic E-state index is 0.0478. The van der Waals surface area contributed by atoms with E-state index in [0.717, 1.165) is 57.8 Å². The Hall–Kier alpha value is -2.07. The Labute approximate surface area is 329 Å². The lowest BCUT2D eigenvalue weighted by Gasteiger charge is -2.28. The maximum absolute atomic E-state index is 12.6. The van der Waals surface area contributed by atoms with Crippen LogP contribution in [0.25, 0.3) is 0 Å². The van der Waals surface area contributed by atoms with Crippen LogP contribution >= 0.6 is 7.82 Å². The zero-order valence-electron chi connectivity index (χ0n) is 34.8. The molecular formula is C43H78NO9P. The number of likely N-dealkylation sites (N-methyl/N-ethyl adjacent to an activating group) is 1. The lowest BCUT2D eigenvalue weighted by atomic mass is 10.0. The highest BCUT2D eigenvalue weighted by Gasteiger charge is 2.21. The third-order valence-electron chi connectivity index (χ3n) is 8.77. The molecule has 0 aromatic carbocycles. The minimum Gasteiger partial charge on any atom is -0.756 e. The van der Waals surface area contributed by atoms with E-state index in [9.17, 15) is 24.2 Å². The van der Waals surface area contributed by atoms with Gasteiger partial charge in [0.2, 0.25) is 0 Å². The number of rotatable bonds is 37. The van der Waals surface area contributed by atoms with Crippen LogP contribution in [0, 0.1) is 0 Å². The van der Waals surface area contributed by atoms with Gasteiger partial charge in [-0.2, -0.15) is 0 Å². The van der Waals surface area contributed by atoms with Crippen LogP contribution in [-0.2, 0) is 32.7 Å². The monoisotopic (exact) mass is 784 g/mol. The molecule has 0 heterocycles. The zero-order valence-corrected chi connectivity index (χ0v) is 35.7. The third-order valence-corrected chi connectivity index (χ3v) is 9.73. The number of aliphatic hydroxyl groups is 1. The fourth-order valence-electron chi connectivity index (χ4n) is 5.27. The highest BCUT2D eigenvalue weighted by atomic mass is 31.2. The van der Waals surface area contributed by atoms with Gasteiger partial charge in [0.15, 0.2) is 6.10 Å². The number of allylic oxidation sites excluding steroid dienone is 8. The third kappa shape index (κ3) is 38.2. The van der Waals surface area contributed by atoms with E-state index < -0.39 is 32.5 Å². The van der Waals surface area contributed by atoms with Crippen molar-refractivity contribution in [2.75, 3.05) is 47.5 Å². The molecular weight excluding hydrogens is 705 g/mol. The fraction of sp³-hybridized carbons (Fsp3) is 0.767. The van der Waals surface area contributed by atoms with Crippen LogP contribution in [0.5, 0.6) is 0 Å². The van der Waals surface area contributed by atoms with Crippen molar-refractivity contribution in [3.8, 4) is 0 Å². The van der Waals surface area contributed by atoms with Gasteiger partial charge in [0.25, 0.3) is 7.82 Å². The number of ether oxygens (including phenoxy) is 2. The number of carbonyl (C=O) groups is 2. The Bertz CT molecular complexity index is 1080. The summed E-state index contributed by atoms with van der Waals surface area (Å²) in [5, 5.41) is 9.56. The van der Waals surface area contributed by atoms with Crippen LogP contribution in [0.4, 0.5) is 0 Å². The number of phosphoric ester groups is 1. The summed E-state index contributed by atoms with van der Waals surface area (Å²) in [6.07, 6.45) is 36.6. The van der Waals surface area contributed by atoms with Gasteiger partial charge in [-0.25, -0.2) is 0 Å². The van der Waals surface area contributed by atoms with E-state index in [4.69, 9.17) is 18.5 Å². The first-order chi connectivity index (χ1) is 25.9. The summed E-state index contributed by atoms with van der Waals surface area (Å²) in [5.74, 6) is -0.920. The SMILES string of the molecule is CCCCCCCCCCCCCCC(=O)OC[C@H](COP(=O)([O-])OCC[N+](C)(C)C)OC(=O)CCC/C=C\C/C=C\C/C=C\C/C=C\CC[C@H](O)CC. The summed E-state index contributed by atoms with van der Waals surface area (Å²) < 4.78 is 33.7. The molecule has 0 aromatic rings. The predicted octanol–water partition coefficient (Wildman–Crippen LogP) is 9.86. The molecule has 10 nitrogen and oxygen atoms in total. The molecule has 0 fully saturated rings. The Morgan fingerprint density at radius 3 is 1.70 bits per heavy atom. The summed E-state index contributed by atoms with van der Waals surface area (Å²) >= 11 is 0. The van der Waals surface area contributed by atoms with Gasteiger partial charge in [0, 0.05) is 12.8 Å². The molecule has 0 aliphatic rings. The van der Waals surface area contributed by atoms with Crippen molar-refractivity contribution >= 4 is 19.8 Å². The number of nitrogens with zero attached hydrogens (tertiary/aromatic N) is 1. The summed E-state index contributed by atoms with van der Waals surface area (Å²) in [4.78, 5) is 37.4. The first-order valence-electron chi connectivity index (χ1n) is 20.9. The fourth-order valence-corrected chi connectivity index (χ4v) is 6.00. The second-order valence-corrected chi connectivity index (χ2v) is 16.6. The number of esters is 2. The lowest BCUT2D eigenvalue weighted by Crippen LogP contribution is -2.37. The van der Waals surface area contributed by atoms with Crippen LogP contribution in [0.15, 0.2) is 48.6 Å². The van der Waals surface area contributed by atoms with Gasteiger partial charge in [0.1, 0.15) is 19.8 Å². The molecule has 0 amide bonds.